The van der Waals surface area contributed by atoms with E-state index in [4.69, 9.17) is 9.47 Å². The van der Waals surface area contributed by atoms with Crippen LogP contribution in [-0.4, -0.2) is 63.7 Å². The largest absolute Gasteiger partial charge is 0.497 e. The lowest BCUT2D eigenvalue weighted by molar-refractivity contribution is -0.141. The molecule has 1 aliphatic carbocycles. The maximum atomic E-state index is 13.5. The molecule has 0 spiro atoms. The number of benzene rings is 2. The Balaban J connectivity index is 1.72. The number of hydrogen-bond acceptors (Lipinski definition) is 6. The number of nitrogens with one attached hydrogen (secondary N) is 1. The van der Waals surface area contributed by atoms with Crippen LogP contribution in [0.25, 0.3) is 0 Å². The van der Waals surface area contributed by atoms with Gasteiger partial charge in [0.1, 0.15) is 17.5 Å². The van der Waals surface area contributed by atoms with Crippen molar-refractivity contribution in [3.05, 3.63) is 54.1 Å². The topological polar surface area (TPSA) is 105 Å². The molecule has 2 aromatic carbocycles. The fraction of sp³-hybridized carbons (Fsp3) is 0.517. The van der Waals surface area contributed by atoms with E-state index in [-0.39, 0.29) is 37.4 Å². The molecule has 0 bridgehead atoms. The summed E-state index contributed by atoms with van der Waals surface area (Å²) in [5.74, 6) is 0.933. The van der Waals surface area contributed by atoms with Crippen molar-refractivity contribution in [3.63, 3.8) is 0 Å². The van der Waals surface area contributed by atoms with Crippen LogP contribution in [0.1, 0.15) is 57.9 Å². The van der Waals surface area contributed by atoms with E-state index in [1.165, 1.54) is 4.31 Å². The third-order valence-corrected chi connectivity index (χ3v) is 8.14. The maximum Gasteiger partial charge on any atom is 0.242 e. The number of sulfonamides is 1. The number of amides is 2. The molecule has 39 heavy (non-hydrogen) atoms. The molecule has 0 saturated heterocycles. The molecule has 1 unspecified atom stereocenters. The van der Waals surface area contributed by atoms with Gasteiger partial charge in [-0.05, 0) is 75.1 Å². The molecular weight excluding hydrogens is 518 g/mol. The smallest absolute Gasteiger partial charge is 0.242 e. The normalized spacial score (nSPS) is 14.5. The van der Waals surface area contributed by atoms with Gasteiger partial charge in [-0.1, -0.05) is 25.0 Å². The minimum Gasteiger partial charge on any atom is -0.497 e. The Hall–Kier alpha value is -3.27. The highest BCUT2D eigenvalue weighted by molar-refractivity contribution is 7.92. The van der Waals surface area contributed by atoms with Crippen LogP contribution in [-0.2, 0) is 26.2 Å². The first kappa shape index (κ1) is 30.3. The molecule has 10 heteroatoms. The zero-order valence-corrected chi connectivity index (χ0v) is 24.2. The predicted octanol–water partition coefficient (Wildman–Crippen LogP) is 4.12. The lowest BCUT2D eigenvalue weighted by Gasteiger charge is -2.30. The fourth-order valence-corrected chi connectivity index (χ4v) is 5.79. The van der Waals surface area contributed by atoms with Gasteiger partial charge in [0.05, 0.1) is 25.7 Å². The standard InChI is InChI=1S/C29H41N3O6S/c1-5-38-26-17-15-25(16-18-26)32(39(4,35)36)19-9-14-28(33)31(21-23-10-8-13-27(20-23)37-3)22(2)29(34)30-24-11-6-7-12-24/h8,10,13,15-18,20,22,24H,5-7,9,11-12,14,19,21H2,1-4H3,(H,30,34). The number of anilines is 1. The van der Waals surface area contributed by atoms with Gasteiger partial charge in [0.15, 0.2) is 0 Å². The summed E-state index contributed by atoms with van der Waals surface area (Å²) >= 11 is 0. The van der Waals surface area contributed by atoms with Gasteiger partial charge >= 0.3 is 0 Å². The lowest BCUT2D eigenvalue weighted by atomic mass is 10.1. The Kier molecular flexibility index (Phi) is 11.0. The van der Waals surface area contributed by atoms with E-state index in [9.17, 15) is 18.0 Å². The first-order chi connectivity index (χ1) is 18.6. The second kappa shape index (κ2) is 14.2. The van der Waals surface area contributed by atoms with E-state index in [0.29, 0.717) is 30.2 Å². The molecule has 0 aliphatic heterocycles. The molecule has 1 aliphatic rings. The van der Waals surface area contributed by atoms with Crippen molar-refractivity contribution in [2.75, 3.05) is 30.8 Å². The van der Waals surface area contributed by atoms with Crippen molar-refractivity contribution in [1.82, 2.24) is 10.2 Å². The first-order valence-corrected chi connectivity index (χ1v) is 15.4. The number of carbonyl (C=O) groups excluding carboxylic acids is 2. The van der Waals surface area contributed by atoms with E-state index in [1.807, 2.05) is 31.2 Å². The van der Waals surface area contributed by atoms with Crippen LogP contribution in [0.4, 0.5) is 5.69 Å². The molecule has 1 atom stereocenters. The van der Waals surface area contributed by atoms with Gasteiger partial charge in [-0.2, -0.15) is 0 Å². The minimum absolute atomic E-state index is 0.0913. The predicted molar refractivity (Wildman–Crippen MR) is 152 cm³/mol. The van der Waals surface area contributed by atoms with Crippen LogP contribution in [0.3, 0.4) is 0 Å². The number of carbonyl (C=O) groups is 2. The Morgan fingerprint density at radius 2 is 1.77 bits per heavy atom. The zero-order valence-electron chi connectivity index (χ0n) is 23.4. The second-order valence-electron chi connectivity index (χ2n) is 9.90. The molecule has 0 aromatic heterocycles. The summed E-state index contributed by atoms with van der Waals surface area (Å²) in [5, 5.41) is 3.10. The van der Waals surface area contributed by atoms with Gasteiger partial charge in [-0.15, -0.1) is 0 Å². The van der Waals surface area contributed by atoms with Gasteiger partial charge in [-0.25, -0.2) is 8.42 Å². The van der Waals surface area contributed by atoms with E-state index in [2.05, 4.69) is 5.32 Å². The van der Waals surface area contributed by atoms with Crippen molar-refractivity contribution in [3.8, 4) is 11.5 Å². The van der Waals surface area contributed by atoms with E-state index >= 15 is 0 Å². The Morgan fingerprint density at radius 1 is 1.08 bits per heavy atom. The SMILES string of the molecule is CCOc1ccc(N(CCCC(=O)N(Cc2cccc(OC)c2)C(C)C(=O)NC2CCCC2)S(C)(=O)=O)cc1. The summed E-state index contributed by atoms with van der Waals surface area (Å²) in [6.07, 6.45) is 5.63. The molecule has 2 amide bonds. The van der Waals surface area contributed by atoms with E-state index in [1.54, 1.807) is 43.2 Å². The van der Waals surface area contributed by atoms with Crippen LogP contribution in [0.15, 0.2) is 48.5 Å². The summed E-state index contributed by atoms with van der Waals surface area (Å²) in [5.41, 5.74) is 1.35. The van der Waals surface area contributed by atoms with Crippen molar-refractivity contribution in [2.45, 2.75) is 71.0 Å². The van der Waals surface area contributed by atoms with Crippen LogP contribution in [0.2, 0.25) is 0 Å². The van der Waals surface area contributed by atoms with Gasteiger partial charge in [0.25, 0.3) is 0 Å². The summed E-state index contributed by atoms with van der Waals surface area (Å²) in [4.78, 5) is 28.2. The number of methoxy groups -OCH3 is 1. The Morgan fingerprint density at radius 3 is 2.38 bits per heavy atom. The van der Waals surface area contributed by atoms with Crippen molar-refractivity contribution in [2.24, 2.45) is 0 Å². The molecule has 1 N–H and O–H groups in total. The molecule has 1 saturated carbocycles. The molecule has 214 valence electrons. The van der Waals surface area contributed by atoms with Crippen molar-refractivity contribution >= 4 is 27.5 Å². The highest BCUT2D eigenvalue weighted by Crippen LogP contribution is 2.23. The monoisotopic (exact) mass is 559 g/mol. The fourth-order valence-electron chi connectivity index (χ4n) is 4.82. The molecule has 0 heterocycles. The number of nitrogens with zero attached hydrogens (tertiary/aromatic N) is 2. The van der Waals surface area contributed by atoms with Gasteiger partial charge < -0.3 is 19.7 Å². The number of rotatable bonds is 14. The summed E-state index contributed by atoms with van der Waals surface area (Å²) < 4.78 is 37.2. The Labute approximate surface area is 232 Å². The van der Waals surface area contributed by atoms with Gasteiger partial charge in [-0.3, -0.25) is 13.9 Å². The third-order valence-electron chi connectivity index (χ3n) is 6.94. The van der Waals surface area contributed by atoms with Gasteiger partial charge in [0, 0.05) is 25.6 Å². The maximum absolute atomic E-state index is 13.5. The minimum atomic E-state index is -3.57. The second-order valence-corrected chi connectivity index (χ2v) is 11.8. The number of ether oxygens (including phenoxy) is 2. The summed E-state index contributed by atoms with van der Waals surface area (Å²) in [6, 6.07) is 13.7. The van der Waals surface area contributed by atoms with Crippen LogP contribution >= 0.6 is 0 Å². The summed E-state index contributed by atoms with van der Waals surface area (Å²) in [6.45, 7) is 4.51. The van der Waals surface area contributed by atoms with Crippen LogP contribution < -0.4 is 19.1 Å². The summed E-state index contributed by atoms with van der Waals surface area (Å²) in [7, 11) is -1.99. The highest BCUT2D eigenvalue weighted by atomic mass is 32.2. The molecule has 3 rings (SSSR count). The average Bonchev–Trinajstić information content (AvgIpc) is 3.42. The van der Waals surface area contributed by atoms with Crippen LogP contribution in [0.5, 0.6) is 11.5 Å². The van der Waals surface area contributed by atoms with E-state index < -0.39 is 16.1 Å². The highest BCUT2D eigenvalue weighted by Gasteiger charge is 2.29. The molecular formula is C29H41N3O6S. The molecule has 9 nitrogen and oxygen atoms in total. The third kappa shape index (κ3) is 8.88. The van der Waals surface area contributed by atoms with Crippen LogP contribution in [0, 0.1) is 0 Å². The van der Waals surface area contributed by atoms with Crippen molar-refractivity contribution < 1.29 is 27.5 Å². The Bertz CT molecular complexity index is 1200. The first-order valence-electron chi connectivity index (χ1n) is 13.6. The molecule has 1 fully saturated rings. The lowest BCUT2D eigenvalue weighted by Crippen LogP contribution is -2.49. The molecule has 2 aromatic rings. The average molecular weight is 560 g/mol. The molecule has 0 radical (unpaired) electrons. The zero-order chi connectivity index (χ0) is 28.4. The van der Waals surface area contributed by atoms with Gasteiger partial charge in [0.2, 0.25) is 21.8 Å². The number of hydrogen-bond donors (Lipinski definition) is 1. The van der Waals surface area contributed by atoms with Crippen molar-refractivity contribution in [1.29, 1.82) is 0 Å². The quantitative estimate of drug-likeness (QED) is 0.373. The van der Waals surface area contributed by atoms with E-state index in [0.717, 1.165) is 37.5 Å².